The molecule has 1 heteroatoms. The second-order valence-electron chi connectivity index (χ2n) is 15.5. The first-order valence-corrected chi connectivity index (χ1v) is 19.5. The lowest BCUT2D eigenvalue weighted by molar-refractivity contribution is 0.487. The minimum absolute atomic E-state index is 0.519. The number of fused-ring (bicyclic) bond motifs is 15. The van der Waals surface area contributed by atoms with Gasteiger partial charge >= 0.3 is 0 Å². The molecule has 10 aromatic rings. The van der Waals surface area contributed by atoms with Crippen LogP contribution in [-0.4, -0.2) is 0 Å². The fraction of sp³-hybridized carbons (Fsp3) is 0.0182. The van der Waals surface area contributed by atoms with Gasteiger partial charge in [0.25, 0.3) is 0 Å². The fourth-order valence-electron chi connectivity index (χ4n) is 10.6. The van der Waals surface area contributed by atoms with Crippen LogP contribution in [0, 0.1) is 0 Å². The summed E-state index contributed by atoms with van der Waals surface area (Å²) in [6, 6.07) is 72.2. The molecule has 0 aromatic heterocycles. The molecule has 1 nitrogen and oxygen atoms in total. The van der Waals surface area contributed by atoms with Gasteiger partial charge in [-0.05, 0) is 130 Å². The highest BCUT2D eigenvalue weighted by Crippen LogP contribution is 2.66. The van der Waals surface area contributed by atoms with Crippen LogP contribution in [0.15, 0.2) is 194 Å². The number of ether oxygens (including phenoxy) is 1. The predicted molar refractivity (Wildman–Crippen MR) is 232 cm³/mol. The van der Waals surface area contributed by atoms with Crippen LogP contribution in [0.25, 0.3) is 88.0 Å². The minimum atomic E-state index is -0.519. The van der Waals surface area contributed by atoms with Crippen LogP contribution in [0.3, 0.4) is 0 Å². The van der Waals surface area contributed by atoms with Gasteiger partial charge in [-0.25, -0.2) is 0 Å². The maximum atomic E-state index is 6.53. The molecular formula is C55H32O. The molecule has 0 amide bonds. The zero-order chi connectivity index (χ0) is 36.5. The minimum Gasteiger partial charge on any atom is -0.456 e. The molecule has 0 unspecified atom stereocenters. The summed E-state index contributed by atoms with van der Waals surface area (Å²) < 4.78 is 6.53. The predicted octanol–water partition coefficient (Wildman–Crippen LogP) is 14.6. The second kappa shape index (κ2) is 10.9. The number of hydrogen-bond acceptors (Lipinski definition) is 1. The molecule has 10 aromatic carbocycles. The summed E-state index contributed by atoms with van der Waals surface area (Å²) in [5.41, 5.74) is 17.4. The molecule has 56 heavy (non-hydrogen) atoms. The van der Waals surface area contributed by atoms with Gasteiger partial charge in [0.05, 0.1) is 5.41 Å². The van der Waals surface area contributed by atoms with E-state index in [9.17, 15) is 0 Å². The van der Waals surface area contributed by atoms with Gasteiger partial charge in [-0.3, -0.25) is 0 Å². The average molecular weight is 709 g/mol. The summed E-state index contributed by atoms with van der Waals surface area (Å²) in [6.07, 6.45) is 0. The summed E-state index contributed by atoms with van der Waals surface area (Å²) in [7, 11) is 0. The zero-order valence-corrected chi connectivity index (χ0v) is 30.4. The Morgan fingerprint density at radius 1 is 0.321 bits per heavy atom. The van der Waals surface area contributed by atoms with Gasteiger partial charge in [-0.2, -0.15) is 0 Å². The highest BCUT2D eigenvalue weighted by Gasteiger charge is 2.53. The van der Waals surface area contributed by atoms with Crippen molar-refractivity contribution in [3.8, 4) is 67.1 Å². The van der Waals surface area contributed by atoms with Crippen LogP contribution >= 0.6 is 0 Å². The van der Waals surface area contributed by atoms with Crippen molar-refractivity contribution in [1.82, 2.24) is 0 Å². The first-order chi connectivity index (χ1) is 27.8. The molecule has 0 bridgehead atoms. The monoisotopic (exact) mass is 708 g/mol. The SMILES string of the molecule is c1ccc2c(c1)Oc1ccc(-c3ccc4c(c3)C3(c5ccccc5-c5ccccc53)c3c-4c(-c4ccc5ccccc5c4)cc4ccccc34)c3cccc-2c13. The van der Waals surface area contributed by atoms with Crippen LogP contribution in [0.2, 0.25) is 0 Å². The van der Waals surface area contributed by atoms with Crippen molar-refractivity contribution in [2.24, 2.45) is 0 Å². The highest BCUT2D eigenvalue weighted by molar-refractivity contribution is 6.12. The fourth-order valence-corrected chi connectivity index (χ4v) is 10.6. The van der Waals surface area contributed by atoms with E-state index in [0.29, 0.717) is 0 Å². The molecule has 258 valence electrons. The molecule has 0 atom stereocenters. The van der Waals surface area contributed by atoms with Gasteiger partial charge in [-0.15, -0.1) is 0 Å². The van der Waals surface area contributed by atoms with E-state index < -0.39 is 5.41 Å². The van der Waals surface area contributed by atoms with Crippen LogP contribution in [0.4, 0.5) is 0 Å². The Hall–Kier alpha value is -7.22. The van der Waals surface area contributed by atoms with Crippen LogP contribution in [0.5, 0.6) is 11.5 Å². The van der Waals surface area contributed by atoms with E-state index in [2.05, 4.69) is 188 Å². The normalized spacial score (nSPS) is 13.6. The smallest absolute Gasteiger partial charge is 0.135 e. The summed E-state index contributed by atoms with van der Waals surface area (Å²) in [5, 5.41) is 7.43. The van der Waals surface area contributed by atoms with Gasteiger partial charge in [-0.1, -0.05) is 164 Å². The van der Waals surface area contributed by atoms with Crippen molar-refractivity contribution in [3.63, 3.8) is 0 Å². The maximum Gasteiger partial charge on any atom is 0.135 e. The Morgan fingerprint density at radius 2 is 0.946 bits per heavy atom. The van der Waals surface area contributed by atoms with E-state index >= 15 is 0 Å². The van der Waals surface area contributed by atoms with Crippen molar-refractivity contribution >= 4 is 32.3 Å². The third kappa shape index (κ3) is 3.79. The van der Waals surface area contributed by atoms with E-state index in [-0.39, 0.29) is 0 Å². The second-order valence-corrected chi connectivity index (χ2v) is 15.5. The Morgan fingerprint density at radius 3 is 1.79 bits per heavy atom. The number of hydrogen-bond donors (Lipinski definition) is 0. The number of rotatable bonds is 2. The van der Waals surface area contributed by atoms with Crippen molar-refractivity contribution in [2.75, 3.05) is 0 Å². The van der Waals surface area contributed by atoms with Gasteiger partial charge in [0.1, 0.15) is 11.5 Å². The Balaban J connectivity index is 1.16. The third-order valence-electron chi connectivity index (χ3n) is 12.8. The van der Waals surface area contributed by atoms with E-state index in [0.717, 1.165) is 17.1 Å². The van der Waals surface area contributed by atoms with Crippen LogP contribution in [0.1, 0.15) is 22.3 Å². The summed E-state index contributed by atoms with van der Waals surface area (Å²) >= 11 is 0. The van der Waals surface area contributed by atoms with Gasteiger partial charge in [0, 0.05) is 10.9 Å². The van der Waals surface area contributed by atoms with Crippen molar-refractivity contribution < 1.29 is 4.74 Å². The summed E-state index contributed by atoms with van der Waals surface area (Å²) in [5.74, 6) is 1.82. The van der Waals surface area contributed by atoms with Gasteiger partial charge < -0.3 is 4.74 Å². The first kappa shape index (κ1) is 30.1. The molecule has 1 aliphatic heterocycles. The lowest BCUT2D eigenvalue weighted by atomic mass is 9.68. The van der Waals surface area contributed by atoms with Gasteiger partial charge in [0.15, 0.2) is 0 Å². The Kier molecular flexibility index (Phi) is 5.89. The average Bonchev–Trinajstić information content (AvgIpc) is 3.74. The van der Waals surface area contributed by atoms with E-state index in [1.807, 2.05) is 6.07 Å². The third-order valence-corrected chi connectivity index (χ3v) is 12.8. The molecule has 0 saturated carbocycles. The zero-order valence-electron chi connectivity index (χ0n) is 30.4. The molecule has 0 N–H and O–H groups in total. The largest absolute Gasteiger partial charge is 0.456 e. The molecule has 0 radical (unpaired) electrons. The number of para-hydroxylation sites is 1. The van der Waals surface area contributed by atoms with Crippen LogP contribution in [-0.2, 0) is 5.41 Å². The lowest BCUT2D eigenvalue weighted by Gasteiger charge is -2.32. The van der Waals surface area contributed by atoms with Crippen molar-refractivity contribution in [1.29, 1.82) is 0 Å². The lowest BCUT2D eigenvalue weighted by Crippen LogP contribution is -2.26. The maximum absolute atomic E-state index is 6.53. The summed E-state index contributed by atoms with van der Waals surface area (Å²) in [6.45, 7) is 0. The molecule has 1 spiro atoms. The number of benzene rings is 10. The molecule has 0 fully saturated rings. The van der Waals surface area contributed by atoms with E-state index in [1.54, 1.807) is 0 Å². The van der Waals surface area contributed by atoms with Gasteiger partial charge in [0.2, 0.25) is 0 Å². The highest BCUT2D eigenvalue weighted by atomic mass is 16.5. The molecule has 2 aliphatic carbocycles. The molecular weight excluding hydrogens is 677 g/mol. The molecule has 13 rings (SSSR count). The summed E-state index contributed by atoms with van der Waals surface area (Å²) in [4.78, 5) is 0. The molecule has 0 saturated heterocycles. The first-order valence-electron chi connectivity index (χ1n) is 19.5. The Bertz CT molecular complexity index is 3300. The molecule has 3 aliphatic rings. The van der Waals surface area contributed by atoms with Crippen molar-refractivity contribution in [3.05, 3.63) is 216 Å². The van der Waals surface area contributed by atoms with Crippen LogP contribution < -0.4 is 4.74 Å². The van der Waals surface area contributed by atoms with Crippen molar-refractivity contribution in [2.45, 2.75) is 5.41 Å². The quantitative estimate of drug-likeness (QED) is 0.174. The molecule has 1 heterocycles. The topological polar surface area (TPSA) is 9.23 Å². The Labute approximate surface area is 324 Å². The van der Waals surface area contributed by atoms with E-state index in [1.165, 1.54) is 105 Å². The van der Waals surface area contributed by atoms with E-state index in [4.69, 9.17) is 4.74 Å². The standard InChI is InChI=1S/C55H32O/c1-2-13-34-30-36(25-24-33(34)12-1)46-31-35-14-3-4-15-39(35)54-53(46)45-27-26-37(32-49(45)55(54)47-21-8-5-16-40(47)41-17-6-9-22-48(41)55)38-28-29-51-52-43(38)19-11-20-44(52)42-18-7-10-23-50(42)56-51/h1-32H.